The van der Waals surface area contributed by atoms with Crippen LogP contribution in [0.15, 0.2) is 78.9 Å². The van der Waals surface area contributed by atoms with Crippen LogP contribution in [-0.2, 0) is 12.0 Å². The van der Waals surface area contributed by atoms with E-state index in [1.807, 2.05) is 54.6 Å². The Labute approximate surface area is 188 Å². The van der Waals surface area contributed by atoms with Crippen molar-refractivity contribution in [3.05, 3.63) is 101 Å². The third-order valence-electron chi connectivity index (χ3n) is 6.15. The van der Waals surface area contributed by atoms with Gasteiger partial charge in [-0.25, -0.2) is 4.39 Å². The number of hydrogen-bond acceptors (Lipinski definition) is 4. The van der Waals surface area contributed by atoms with Crippen molar-refractivity contribution in [2.75, 3.05) is 26.2 Å². The summed E-state index contributed by atoms with van der Waals surface area (Å²) in [5, 5.41) is 21.5. The Morgan fingerprint density at radius 3 is 2.09 bits per heavy atom. The van der Waals surface area contributed by atoms with Crippen LogP contribution in [-0.4, -0.2) is 47.5 Å². The van der Waals surface area contributed by atoms with Gasteiger partial charge < -0.3 is 19.8 Å². The van der Waals surface area contributed by atoms with Crippen LogP contribution >= 0.6 is 0 Å². The summed E-state index contributed by atoms with van der Waals surface area (Å²) in [4.78, 5) is 2.18. The van der Waals surface area contributed by atoms with Crippen molar-refractivity contribution in [1.29, 1.82) is 0 Å². The minimum Gasteiger partial charge on any atom is -0.491 e. The lowest BCUT2D eigenvalue weighted by atomic mass is 9.84. The summed E-state index contributed by atoms with van der Waals surface area (Å²) in [6.45, 7) is 2.21. The van der Waals surface area contributed by atoms with E-state index in [1.54, 1.807) is 12.1 Å². The number of aliphatic hydroxyl groups excluding tert-OH is 1. The van der Waals surface area contributed by atoms with Gasteiger partial charge >= 0.3 is 0 Å². The summed E-state index contributed by atoms with van der Waals surface area (Å²) in [7, 11) is 0. The molecule has 0 aromatic heterocycles. The summed E-state index contributed by atoms with van der Waals surface area (Å²) in [5.74, 6) is 0.524. The number of benzene rings is 3. The molecule has 0 amide bonds. The maximum absolute atomic E-state index is 13.1. The second-order valence-corrected chi connectivity index (χ2v) is 8.61. The average Bonchev–Trinajstić information content (AvgIpc) is 2.82. The molecule has 3 aromatic rings. The SMILES string of the molecule is OC(COc1ccccc1)CN1CCC(O)(c2ccc(Cc3ccc(F)cc3)cc2)CC1. The van der Waals surface area contributed by atoms with Gasteiger partial charge in [0.1, 0.15) is 24.3 Å². The van der Waals surface area contributed by atoms with Crippen LogP contribution < -0.4 is 4.74 Å². The fourth-order valence-corrected chi connectivity index (χ4v) is 4.22. The molecule has 4 rings (SSSR count). The van der Waals surface area contributed by atoms with E-state index in [0.717, 1.165) is 42.0 Å². The Morgan fingerprint density at radius 2 is 1.47 bits per heavy atom. The first-order valence-electron chi connectivity index (χ1n) is 11.1. The van der Waals surface area contributed by atoms with Gasteiger partial charge in [0, 0.05) is 19.6 Å². The van der Waals surface area contributed by atoms with Crippen molar-refractivity contribution < 1.29 is 19.3 Å². The minimum absolute atomic E-state index is 0.228. The van der Waals surface area contributed by atoms with E-state index in [2.05, 4.69) is 4.90 Å². The molecule has 4 nitrogen and oxygen atoms in total. The second-order valence-electron chi connectivity index (χ2n) is 8.61. The lowest BCUT2D eigenvalue weighted by Crippen LogP contribution is -2.46. The molecule has 0 radical (unpaired) electrons. The highest BCUT2D eigenvalue weighted by Gasteiger charge is 2.34. The molecule has 1 aliphatic rings. The van der Waals surface area contributed by atoms with Crippen molar-refractivity contribution in [2.45, 2.75) is 31.0 Å². The molecular weight excluding hydrogens is 405 g/mol. The highest BCUT2D eigenvalue weighted by Crippen LogP contribution is 2.33. The summed E-state index contributed by atoms with van der Waals surface area (Å²) < 4.78 is 18.7. The first-order valence-corrected chi connectivity index (χ1v) is 11.1. The van der Waals surface area contributed by atoms with E-state index in [-0.39, 0.29) is 12.4 Å². The number of β-amino-alcohol motifs (C(OH)–C–C–N with tert-alkyl or cyclic N) is 1. The van der Waals surface area contributed by atoms with Gasteiger partial charge in [0.05, 0.1) is 5.60 Å². The number of nitrogens with zero attached hydrogens (tertiary/aromatic N) is 1. The van der Waals surface area contributed by atoms with E-state index in [0.29, 0.717) is 19.4 Å². The lowest BCUT2D eigenvalue weighted by molar-refractivity contribution is -0.0372. The quantitative estimate of drug-likeness (QED) is 0.558. The van der Waals surface area contributed by atoms with Gasteiger partial charge in [-0.15, -0.1) is 0 Å². The normalized spacial score (nSPS) is 17.1. The van der Waals surface area contributed by atoms with E-state index >= 15 is 0 Å². The van der Waals surface area contributed by atoms with Gasteiger partial charge in [-0.05, 0) is 60.2 Å². The van der Waals surface area contributed by atoms with Gasteiger partial charge in [0.2, 0.25) is 0 Å². The lowest BCUT2D eigenvalue weighted by Gasteiger charge is -2.39. The Hall–Kier alpha value is -2.73. The van der Waals surface area contributed by atoms with Crippen LogP contribution in [0.5, 0.6) is 5.75 Å². The molecule has 0 aliphatic carbocycles. The Balaban J connectivity index is 1.26. The predicted molar refractivity (Wildman–Crippen MR) is 123 cm³/mol. The van der Waals surface area contributed by atoms with Gasteiger partial charge in [-0.2, -0.15) is 0 Å². The number of hydrogen-bond donors (Lipinski definition) is 2. The van der Waals surface area contributed by atoms with Gasteiger partial charge in [0.15, 0.2) is 0 Å². The van der Waals surface area contributed by atoms with Crippen molar-refractivity contribution in [2.24, 2.45) is 0 Å². The molecule has 1 saturated heterocycles. The van der Waals surface area contributed by atoms with Gasteiger partial charge in [-0.1, -0.05) is 54.6 Å². The molecule has 1 unspecified atom stereocenters. The number of rotatable bonds is 8. The summed E-state index contributed by atoms with van der Waals surface area (Å²) >= 11 is 0. The van der Waals surface area contributed by atoms with E-state index in [4.69, 9.17) is 4.74 Å². The largest absolute Gasteiger partial charge is 0.491 e. The summed E-state index contributed by atoms with van der Waals surface area (Å²) in [6.07, 6.45) is 1.40. The number of ether oxygens (including phenoxy) is 1. The van der Waals surface area contributed by atoms with Crippen LogP contribution in [0.4, 0.5) is 4.39 Å². The van der Waals surface area contributed by atoms with Crippen molar-refractivity contribution in [3.8, 4) is 5.75 Å². The Bertz CT molecular complexity index is 968. The van der Waals surface area contributed by atoms with Crippen molar-refractivity contribution in [3.63, 3.8) is 0 Å². The monoisotopic (exact) mass is 435 g/mol. The van der Waals surface area contributed by atoms with Crippen molar-refractivity contribution >= 4 is 0 Å². The third-order valence-corrected chi connectivity index (χ3v) is 6.15. The van der Waals surface area contributed by atoms with Crippen molar-refractivity contribution in [1.82, 2.24) is 4.90 Å². The first-order chi connectivity index (χ1) is 15.5. The van der Waals surface area contributed by atoms with Crippen LogP contribution in [0.25, 0.3) is 0 Å². The number of likely N-dealkylation sites (tertiary alicyclic amines) is 1. The fraction of sp³-hybridized carbons (Fsp3) is 0.333. The third kappa shape index (κ3) is 5.94. The molecule has 0 saturated carbocycles. The Morgan fingerprint density at radius 1 is 0.875 bits per heavy atom. The topological polar surface area (TPSA) is 52.9 Å². The molecule has 0 spiro atoms. The molecule has 2 N–H and O–H groups in total. The second kappa shape index (κ2) is 10.3. The number of para-hydroxylation sites is 1. The molecule has 1 atom stereocenters. The first kappa shape index (κ1) is 22.5. The number of piperidine rings is 1. The van der Waals surface area contributed by atoms with E-state index < -0.39 is 11.7 Å². The van der Waals surface area contributed by atoms with Gasteiger partial charge in [-0.3, -0.25) is 0 Å². The molecular formula is C27H30FNO3. The average molecular weight is 436 g/mol. The molecule has 1 aliphatic heterocycles. The zero-order valence-corrected chi connectivity index (χ0v) is 18.2. The smallest absolute Gasteiger partial charge is 0.123 e. The molecule has 32 heavy (non-hydrogen) atoms. The molecule has 0 bridgehead atoms. The Kier molecular flexibility index (Phi) is 7.20. The standard InChI is InChI=1S/C27H30FNO3/c28-24-12-8-22(9-13-24)18-21-6-10-23(11-7-21)27(31)14-16-29(17-15-27)19-25(30)20-32-26-4-2-1-3-5-26/h1-13,25,30-31H,14-20H2. The number of halogens is 1. The highest BCUT2D eigenvalue weighted by molar-refractivity contribution is 5.31. The molecule has 1 fully saturated rings. The van der Waals surface area contributed by atoms with Gasteiger partial charge in [0.25, 0.3) is 0 Å². The van der Waals surface area contributed by atoms with E-state index in [9.17, 15) is 14.6 Å². The van der Waals surface area contributed by atoms with Crippen LogP contribution in [0.3, 0.4) is 0 Å². The summed E-state index contributed by atoms with van der Waals surface area (Å²) in [5.41, 5.74) is 2.26. The van der Waals surface area contributed by atoms with Crippen LogP contribution in [0.2, 0.25) is 0 Å². The molecule has 5 heteroatoms. The fourth-order valence-electron chi connectivity index (χ4n) is 4.22. The van der Waals surface area contributed by atoms with E-state index in [1.165, 1.54) is 12.1 Å². The zero-order valence-electron chi connectivity index (χ0n) is 18.2. The number of aliphatic hydroxyl groups is 2. The van der Waals surface area contributed by atoms with Crippen LogP contribution in [0.1, 0.15) is 29.5 Å². The maximum Gasteiger partial charge on any atom is 0.123 e. The van der Waals surface area contributed by atoms with Crippen LogP contribution in [0, 0.1) is 5.82 Å². The highest BCUT2D eigenvalue weighted by atomic mass is 19.1. The molecule has 3 aromatic carbocycles. The molecule has 168 valence electrons. The zero-order chi connectivity index (χ0) is 22.4. The molecule has 1 heterocycles. The predicted octanol–water partition coefficient (Wildman–Crippen LogP) is 4.14. The minimum atomic E-state index is -0.851. The summed E-state index contributed by atoms with van der Waals surface area (Å²) in [6, 6.07) is 24.1. The maximum atomic E-state index is 13.1.